The Morgan fingerprint density at radius 2 is 2.11 bits per heavy atom. The van der Waals surface area contributed by atoms with Crippen molar-refractivity contribution in [1.29, 1.82) is 0 Å². The second-order valence-electron chi connectivity index (χ2n) is 5.47. The molecule has 154 valence electrons. The second kappa shape index (κ2) is 9.48. The summed E-state index contributed by atoms with van der Waals surface area (Å²) < 4.78 is 48.5. The zero-order chi connectivity index (χ0) is 20.9. The average Bonchev–Trinajstić information content (AvgIpc) is 2.60. The fourth-order valence-corrected chi connectivity index (χ4v) is 3.99. The van der Waals surface area contributed by atoms with Crippen LogP contribution in [0.5, 0.6) is 5.75 Å². The SMILES string of the molecule is CCSC1=CC(OCOC)=CN(c2cc(SC(F)(F)F)ccc2O)C1C(N)=O. The van der Waals surface area contributed by atoms with Gasteiger partial charge in [-0.15, -0.1) is 11.8 Å². The zero-order valence-electron chi connectivity index (χ0n) is 15.0. The van der Waals surface area contributed by atoms with Crippen molar-refractivity contribution in [2.45, 2.75) is 23.4 Å². The number of hydrogen-bond donors (Lipinski definition) is 2. The predicted molar refractivity (Wildman–Crippen MR) is 103 cm³/mol. The van der Waals surface area contributed by atoms with Crippen LogP contribution < -0.4 is 10.6 Å². The number of phenolic OH excluding ortho intramolecular Hbond substituents is 1. The normalized spacial score (nSPS) is 17.2. The summed E-state index contributed by atoms with van der Waals surface area (Å²) >= 11 is 1.01. The first kappa shape index (κ1) is 22.3. The molecule has 0 fully saturated rings. The van der Waals surface area contributed by atoms with E-state index in [4.69, 9.17) is 15.2 Å². The van der Waals surface area contributed by atoms with Gasteiger partial charge in [0.25, 0.3) is 0 Å². The zero-order valence-corrected chi connectivity index (χ0v) is 16.7. The smallest absolute Gasteiger partial charge is 0.446 e. The molecule has 0 aromatic heterocycles. The van der Waals surface area contributed by atoms with E-state index in [-0.39, 0.29) is 34.9 Å². The monoisotopic (exact) mass is 436 g/mol. The Hall–Kier alpha value is -1.98. The molecule has 1 aromatic carbocycles. The summed E-state index contributed by atoms with van der Waals surface area (Å²) in [7, 11) is 1.43. The number of hydrogen-bond acceptors (Lipinski definition) is 7. The van der Waals surface area contributed by atoms with Crippen LogP contribution >= 0.6 is 23.5 Å². The summed E-state index contributed by atoms with van der Waals surface area (Å²) in [5, 5.41) is 10.3. The number of nitrogens with zero attached hydrogens (tertiary/aromatic N) is 1. The number of amides is 1. The number of rotatable bonds is 8. The minimum absolute atomic E-state index is 0.00105. The largest absolute Gasteiger partial charge is 0.506 e. The Balaban J connectivity index is 2.52. The van der Waals surface area contributed by atoms with Gasteiger partial charge in [0, 0.05) is 23.1 Å². The first-order valence-electron chi connectivity index (χ1n) is 8.00. The molecule has 1 unspecified atom stereocenters. The number of thioether (sulfide) groups is 2. The Labute approximate surface area is 168 Å². The van der Waals surface area contributed by atoms with Gasteiger partial charge in [0.05, 0.1) is 5.69 Å². The topological polar surface area (TPSA) is 85.0 Å². The molecule has 0 radical (unpaired) electrons. The van der Waals surface area contributed by atoms with Gasteiger partial charge in [0.15, 0.2) is 6.79 Å². The van der Waals surface area contributed by atoms with Gasteiger partial charge in [-0.25, -0.2) is 0 Å². The first-order chi connectivity index (χ1) is 13.2. The van der Waals surface area contributed by atoms with E-state index < -0.39 is 17.5 Å². The highest BCUT2D eigenvalue weighted by molar-refractivity contribution is 8.03. The quantitative estimate of drug-likeness (QED) is 0.474. The van der Waals surface area contributed by atoms with Gasteiger partial charge in [-0.3, -0.25) is 4.79 Å². The second-order valence-corrected chi connectivity index (χ2v) is 7.95. The maximum Gasteiger partial charge on any atom is 0.446 e. The van der Waals surface area contributed by atoms with E-state index in [0.717, 1.165) is 18.2 Å². The van der Waals surface area contributed by atoms with Crippen LogP contribution in [-0.2, 0) is 14.3 Å². The standard InChI is InChI=1S/C17H19F3N2O4S2/c1-3-27-14-6-10(26-9-25-2)8-22(15(14)16(21)24)12-7-11(4-5-13(12)23)28-17(18,19)20/h4-8,15,23H,3,9H2,1-2H3,(H2,21,24). The molecule has 1 aliphatic heterocycles. The molecule has 2 rings (SSSR count). The average molecular weight is 436 g/mol. The lowest BCUT2D eigenvalue weighted by atomic mass is 10.1. The fourth-order valence-electron chi connectivity index (χ4n) is 2.49. The van der Waals surface area contributed by atoms with Gasteiger partial charge in [0.1, 0.15) is 17.6 Å². The van der Waals surface area contributed by atoms with E-state index >= 15 is 0 Å². The van der Waals surface area contributed by atoms with Crippen molar-refractivity contribution in [1.82, 2.24) is 0 Å². The third-order valence-electron chi connectivity index (χ3n) is 3.48. The molecule has 1 heterocycles. The molecule has 1 aromatic rings. The Morgan fingerprint density at radius 3 is 2.68 bits per heavy atom. The van der Waals surface area contributed by atoms with Crippen molar-refractivity contribution in [3.63, 3.8) is 0 Å². The predicted octanol–water partition coefficient (Wildman–Crippen LogP) is 3.78. The Morgan fingerprint density at radius 1 is 1.39 bits per heavy atom. The van der Waals surface area contributed by atoms with Crippen molar-refractivity contribution in [2.75, 3.05) is 24.6 Å². The Kier molecular flexibility index (Phi) is 7.55. The molecule has 28 heavy (non-hydrogen) atoms. The maximum atomic E-state index is 12.7. The molecular weight excluding hydrogens is 417 g/mol. The number of nitrogens with two attached hydrogens (primary N) is 1. The van der Waals surface area contributed by atoms with Gasteiger partial charge >= 0.3 is 5.51 Å². The van der Waals surface area contributed by atoms with Crippen LogP contribution in [0.3, 0.4) is 0 Å². The molecule has 11 heteroatoms. The molecule has 1 amide bonds. The van der Waals surface area contributed by atoms with E-state index in [2.05, 4.69) is 0 Å². The molecule has 0 bridgehead atoms. The summed E-state index contributed by atoms with van der Waals surface area (Å²) in [6.45, 7) is 1.80. The summed E-state index contributed by atoms with van der Waals surface area (Å²) in [6.07, 6.45) is 3.01. The molecule has 0 spiro atoms. The minimum atomic E-state index is -4.50. The lowest BCUT2D eigenvalue weighted by Gasteiger charge is -2.34. The highest BCUT2D eigenvalue weighted by Crippen LogP contribution is 2.42. The van der Waals surface area contributed by atoms with Crippen LogP contribution in [0.1, 0.15) is 6.92 Å². The number of primary amides is 1. The summed E-state index contributed by atoms with van der Waals surface area (Å²) in [4.78, 5) is 13.8. The Bertz CT molecular complexity index is 784. The number of methoxy groups -OCH3 is 1. The number of phenols is 1. The number of allylic oxidation sites excluding steroid dienone is 1. The number of alkyl halides is 3. The van der Waals surface area contributed by atoms with Gasteiger partial charge in [-0.05, 0) is 41.8 Å². The van der Waals surface area contributed by atoms with Crippen LogP contribution in [0.25, 0.3) is 0 Å². The summed E-state index contributed by atoms with van der Waals surface area (Å²) in [6, 6.07) is 2.42. The summed E-state index contributed by atoms with van der Waals surface area (Å²) in [5.74, 6) is -0.0919. The van der Waals surface area contributed by atoms with Crippen LogP contribution in [0.2, 0.25) is 0 Å². The van der Waals surface area contributed by atoms with E-state index in [1.165, 1.54) is 30.0 Å². The third-order valence-corrected chi connectivity index (χ3v) is 5.17. The van der Waals surface area contributed by atoms with Gasteiger partial charge < -0.3 is 25.2 Å². The number of ether oxygens (including phenoxy) is 2. The maximum absolute atomic E-state index is 12.7. The third kappa shape index (κ3) is 5.76. The highest BCUT2D eigenvalue weighted by atomic mass is 32.2. The molecule has 0 aliphatic carbocycles. The van der Waals surface area contributed by atoms with E-state index in [0.29, 0.717) is 16.4 Å². The fraction of sp³-hybridized carbons (Fsp3) is 0.353. The van der Waals surface area contributed by atoms with E-state index in [9.17, 15) is 23.1 Å². The van der Waals surface area contributed by atoms with Gasteiger partial charge in [-0.1, -0.05) is 6.92 Å². The van der Waals surface area contributed by atoms with Crippen LogP contribution in [0.15, 0.2) is 46.0 Å². The summed E-state index contributed by atoms with van der Waals surface area (Å²) in [5.41, 5.74) is 1.06. The molecular formula is C17H19F3N2O4S2. The van der Waals surface area contributed by atoms with Crippen LogP contribution in [0, 0.1) is 0 Å². The van der Waals surface area contributed by atoms with Crippen molar-refractivity contribution in [3.8, 4) is 5.75 Å². The van der Waals surface area contributed by atoms with Crippen molar-refractivity contribution < 1.29 is 32.5 Å². The number of anilines is 1. The lowest BCUT2D eigenvalue weighted by Crippen LogP contribution is -2.44. The molecule has 3 N–H and O–H groups in total. The van der Waals surface area contributed by atoms with Crippen molar-refractivity contribution >= 4 is 35.1 Å². The van der Waals surface area contributed by atoms with Gasteiger partial charge in [0.2, 0.25) is 5.91 Å². The molecule has 1 atom stereocenters. The van der Waals surface area contributed by atoms with Gasteiger partial charge in [-0.2, -0.15) is 13.2 Å². The number of halogens is 3. The van der Waals surface area contributed by atoms with E-state index in [1.807, 2.05) is 6.92 Å². The van der Waals surface area contributed by atoms with Crippen molar-refractivity contribution in [3.05, 3.63) is 41.1 Å². The van der Waals surface area contributed by atoms with Crippen LogP contribution in [-0.4, -0.2) is 42.2 Å². The number of carbonyl (C=O) groups excluding carboxylic acids is 1. The number of carbonyl (C=O) groups is 1. The molecule has 1 aliphatic rings. The minimum Gasteiger partial charge on any atom is -0.506 e. The molecule has 0 saturated heterocycles. The molecule has 0 saturated carbocycles. The van der Waals surface area contributed by atoms with Crippen molar-refractivity contribution in [2.24, 2.45) is 5.73 Å². The molecule has 6 nitrogen and oxygen atoms in total. The number of aromatic hydroxyl groups is 1. The van der Waals surface area contributed by atoms with Crippen LogP contribution in [0.4, 0.5) is 18.9 Å². The lowest BCUT2D eigenvalue weighted by molar-refractivity contribution is -0.118. The highest BCUT2D eigenvalue weighted by Gasteiger charge is 2.34. The number of benzene rings is 1. The van der Waals surface area contributed by atoms with E-state index in [1.54, 1.807) is 6.08 Å². The first-order valence-corrected chi connectivity index (χ1v) is 9.80.